The third kappa shape index (κ3) is 6.83. The van der Waals surface area contributed by atoms with E-state index in [0.29, 0.717) is 10.9 Å². The van der Waals surface area contributed by atoms with Gasteiger partial charge in [-0.25, -0.2) is 17.2 Å². The van der Waals surface area contributed by atoms with Crippen LogP contribution in [0.15, 0.2) is 65.6 Å². The van der Waals surface area contributed by atoms with Crippen LogP contribution in [-0.4, -0.2) is 53.3 Å². The van der Waals surface area contributed by atoms with E-state index in [-0.39, 0.29) is 52.5 Å². The van der Waals surface area contributed by atoms with Crippen LogP contribution in [0.2, 0.25) is 5.02 Å². The molecular formula is C29H26ClF2N5O5S. The molecule has 4 aromatic rings. The van der Waals surface area contributed by atoms with Gasteiger partial charge in [-0.05, 0) is 61.4 Å². The molecule has 1 aliphatic carbocycles. The zero-order chi connectivity index (χ0) is 30.9. The fourth-order valence-corrected chi connectivity index (χ4v) is 5.81. The van der Waals surface area contributed by atoms with Gasteiger partial charge >= 0.3 is 0 Å². The van der Waals surface area contributed by atoms with Crippen molar-refractivity contribution in [2.24, 2.45) is 0 Å². The third-order valence-electron chi connectivity index (χ3n) is 6.87. The molecule has 1 saturated carbocycles. The average Bonchev–Trinajstić information content (AvgIpc) is 3.74. The Morgan fingerprint density at radius 3 is 2.47 bits per heavy atom. The minimum atomic E-state index is -4.05. The molecule has 1 heterocycles. The number of anilines is 1. The summed E-state index contributed by atoms with van der Waals surface area (Å²) in [6.07, 6.45) is 1.44. The maximum Gasteiger partial charge on any atom is 0.261 e. The number of nitrogens with zero attached hydrogens (tertiary/aromatic N) is 3. The lowest BCUT2D eigenvalue weighted by atomic mass is 10.1. The molecular weight excluding hydrogens is 604 g/mol. The SMILES string of the molecule is CC(=O)c1nn(CC(=O)N(CC(=O)NCc2cccc(Cl)c2F)C2CC2)c2ccc(NS(=O)(=O)c3ccc(F)cc3)cc12. The van der Waals surface area contributed by atoms with Crippen molar-refractivity contribution in [2.45, 2.75) is 43.8 Å². The van der Waals surface area contributed by atoms with Crippen molar-refractivity contribution >= 4 is 55.8 Å². The first-order chi connectivity index (χ1) is 20.4. The number of aromatic nitrogens is 2. The van der Waals surface area contributed by atoms with Crippen LogP contribution in [0.4, 0.5) is 14.5 Å². The molecule has 0 bridgehead atoms. The number of rotatable bonds is 11. The first-order valence-electron chi connectivity index (χ1n) is 13.2. The largest absolute Gasteiger partial charge is 0.350 e. The molecule has 10 nitrogen and oxygen atoms in total. The Hall–Kier alpha value is -4.36. The van der Waals surface area contributed by atoms with Crippen molar-refractivity contribution in [1.82, 2.24) is 20.0 Å². The van der Waals surface area contributed by atoms with Crippen LogP contribution < -0.4 is 10.0 Å². The molecule has 0 atom stereocenters. The lowest BCUT2D eigenvalue weighted by molar-refractivity contribution is -0.137. The molecule has 14 heteroatoms. The summed E-state index contributed by atoms with van der Waals surface area (Å²) in [7, 11) is -4.05. The maximum atomic E-state index is 14.2. The lowest BCUT2D eigenvalue weighted by Crippen LogP contribution is -2.43. The monoisotopic (exact) mass is 629 g/mol. The fourth-order valence-electron chi connectivity index (χ4n) is 4.57. The Kier molecular flexibility index (Phi) is 8.47. The van der Waals surface area contributed by atoms with Gasteiger partial charge in [0, 0.05) is 36.1 Å². The molecule has 5 rings (SSSR count). The molecule has 0 unspecified atom stereocenters. The number of benzene rings is 3. The van der Waals surface area contributed by atoms with Gasteiger partial charge in [0.2, 0.25) is 11.8 Å². The van der Waals surface area contributed by atoms with E-state index in [0.717, 1.165) is 37.1 Å². The highest BCUT2D eigenvalue weighted by Crippen LogP contribution is 2.29. The molecule has 0 aliphatic heterocycles. The summed E-state index contributed by atoms with van der Waals surface area (Å²) >= 11 is 5.80. The highest BCUT2D eigenvalue weighted by Gasteiger charge is 2.34. The quantitative estimate of drug-likeness (QED) is 0.238. The Labute approximate surface area is 250 Å². The van der Waals surface area contributed by atoms with Gasteiger partial charge in [-0.1, -0.05) is 23.7 Å². The van der Waals surface area contributed by atoms with Crippen molar-refractivity contribution in [3.63, 3.8) is 0 Å². The predicted octanol–water partition coefficient (Wildman–Crippen LogP) is 4.28. The summed E-state index contributed by atoms with van der Waals surface area (Å²) in [5, 5.41) is 7.19. The van der Waals surface area contributed by atoms with Crippen LogP contribution in [-0.2, 0) is 32.7 Å². The van der Waals surface area contributed by atoms with Crippen molar-refractivity contribution < 1.29 is 31.6 Å². The van der Waals surface area contributed by atoms with Gasteiger partial charge in [0.15, 0.2) is 5.78 Å². The van der Waals surface area contributed by atoms with Crippen molar-refractivity contribution in [2.75, 3.05) is 11.3 Å². The van der Waals surface area contributed by atoms with E-state index in [1.165, 1.54) is 46.8 Å². The molecule has 0 saturated heterocycles. The summed E-state index contributed by atoms with van der Waals surface area (Å²) in [6.45, 7) is 0.667. The van der Waals surface area contributed by atoms with Crippen molar-refractivity contribution in [3.8, 4) is 0 Å². The summed E-state index contributed by atoms with van der Waals surface area (Å²) in [6, 6.07) is 13.1. The van der Waals surface area contributed by atoms with E-state index in [1.807, 2.05) is 0 Å². The molecule has 0 spiro atoms. The fraction of sp³-hybridized carbons (Fsp3) is 0.241. The second-order valence-corrected chi connectivity index (χ2v) is 12.2. The highest BCUT2D eigenvalue weighted by atomic mass is 35.5. The van der Waals surface area contributed by atoms with Gasteiger partial charge in [0.1, 0.15) is 23.9 Å². The van der Waals surface area contributed by atoms with E-state index < -0.39 is 39.3 Å². The number of fused-ring (bicyclic) bond motifs is 1. The number of carbonyl (C=O) groups excluding carboxylic acids is 3. The average molecular weight is 630 g/mol. The first-order valence-corrected chi connectivity index (χ1v) is 15.1. The van der Waals surface area contributed by atoms with E-state index in [4.69, 9.17) is 11.6 Å². The highest BCUT2D eigenvalue weighted by molar-refractivity contribution is 7.92. The third-order valence-corrected chi connectivity index (χ3v) is 8.56. The number of hydrogen-bond donors (Lipinski definition) is 2. The summed E-state index contributed by atoms with van der Waals surface area (Å²) < 4.78 is 56.7. The Morgan fingerprint density at radius 2 is 1.79 bits per heavy atom. The molecule has 1 aliphatic rings. The Morgan fingerprint density at radius 1 is 1.07 bits per heavy atom. The van der Waals surface area contributed by atoms with Gasteiger partial charge in [-0.3, -0.25) is 23.8 Å². The number of sulfonamides is 1. The number of Topliss-reactive ketones (excluding diaryl/α,β-unsaturated/α-hetero) is 1. The van der Waals surface area contributed by atoms with Gasteiger partial charge in [-0.15, -0.1) is 0 Å². The second-order valence-electron chi connectivity index (χ2n) is 10.1. The van der Waals surface area contributed by atoms with Crippen LogP contribution in [0.5, 0.6) is 0 Å². The van der Waals surface area contributed by atoms with Crippen molar-refractivity contribution in [3.05, 3.63) is 88.6 Å². The zero-order valence-electron chi connectivity index (χ0n) is 22.8. The summed E-state index contributed by atoms with van der Waals surface area (Å²) in [4.78, 5) is 39.7. The number of ketones is 1. The molecule has 1 fully saturated rings. The molecule has 1 aromatic heterocycles. The number of nitrogens with one attached hydrogen (secondary N) is 2. The van der Waals surface area contributed by atoms with Crippen molar-refractivity contribution in [1.29, 1.82) is 0 Å². The van der Waals surface area contributed by atoms with Crippen LogP contribution in [0, 0.1) is 11.6 Å². The van der Waals surface area contributed by atoms with E-state index in [2.05, 4.69) is 15.1 Å². The predicted molar refractivity (Wildman–Crippen MR) is 155 cm³/mol. The summed E-state index contributed by atoms with van der Waals surface area (Å²) in [5.41, 5.74) is 0.784. The standard InChI is InChI=1S/C29H26ClF2N5O5S/c1-17(38)29-23-13-20(35-43(41,42)22-10-5-19(31)6-11-22)7-12-25(23)37(34-29)16-27(40)36(21-8-9-21)15-26(39)33-14-18-3-2-4-24(30)28(18)32/h2-7,10-13,21,35H,8-9,14-16H2,1H3,(H,33,39). The van der Waals surface area contributed by atoms with Gasteiger partial charge < -0.3 is 10.2 Å². The van der Waals surface area contributed by atoms with Gasteiger partial charge in [-0.2, -0.15) is 5.10 Å². The lowest BCUT2D eigenvalue weighted by Gasteiger charge is -2.22. The molecule has 43 heavy (non-hydrogen) atoms. The Bertz CT molecular complexity index is 1840. The van der Waals surface area contributed by atoms with E-state index >= 15 is 0 Å². The molecule has 224 valence electrons. The molecule has 2 N–H and O–H groups in total. The maximum absolute atomic E-state index is 14.2. The molecule has 2 amide bonds. The zero-order valence-corrected chi connectivity index (χ0v) is 24.4. The van der Waals surface area contributed by atoms with Crippen LogP contribution in [0.3, 0.4) is 0 Å². The van der Waals surface area contributed by atoms with Crippen LogP contribution >= 0.6 is 11.6 Å². The van der Waals surface area contributed by atoms with Crippen LogP contribution in [0.1, 0.15) is 35.8 Å². The topological polar surface area (TPSA) is 130 Å². The van der Waals surface area contributed by atoms with Gasteiger partial charge in [0.25, 0.3) is 10.0 Å². The first kappa shape index (κ1) is 30.1. The number of halogens is 3. The number of hydrogen-bond acceptors (Lipinski definition) is 6. The minimum absolute atomic E-state index is 0.0323. The van der Waals surface area contributed by atoms with E-state index in [1.54, 1.807) is 6.07 Å². The normalized spacial score (nSPS) is 13.1. The summed E-state index contributed by atoms with van der Waals surface area (Å²) in [5.74, 6) is -2.50. The van der Waals surface area contributed by atoms with Crippen LogP contribution in [0.25, 0.3) is 10.9 Å². The molecule has 0 radical (unpaired) electrons. The second kappa shape index (κ2) is 12.1. The minimum Gasteiger partial charge on any atom is -0.350 e. The van der Waals surface area contributed by atoms with Gasteiger partial charge in [0.05, 0.1) is 22.0 Å². The smallest absolute Gasteiger partial charge is 0.261 e. The van der Waals surface area contributed by atoms with E-state index in [9.17, 15) is 31.6 Å². The Balaban J connectivity index is 1.32. The molecule has 3 aromatic carbocycles. The number of amides is 2. The number of carbonyl (C=O) groups is 3.